The number of carbonyl (C=O) groups is 2. The summed E-state index contributed by atoms with van der Waals surface area (Å²) in [6.07, 6.45) is 14.0. The first-order valence-corrected chi connectivity index (χ1v) is 22.3. The number of hydrogen-bond donors (Lipinski definition) is 4. The first-order valence-electron chi connectivity index (χ1n) is 22.3. The minimum absolute atomic E-state index is 0.0789. The minimum atomic E-state index is -4.67. The molecule has 11 nitrogen and oxygen atoms in total. The Labute approximate surface area is 373 Å². The number of aromatic nitrogens is 3. The molecule has 0 bridgehead atoms. The first-order chi connectivity index (χ1) is 30.0. The van der Waals surface area contributed by atoms with Crippen LogP contribution in [0.15, 0.2) is 88.5 Å². The zero-order chi connectivity index (χ0) is 47.2. The number of nitrogen functional groups attached to an aromatic ring is 1. The van der Waals surface area contributed by atoms with E-state index in [4.69, 9.17) is 11.5 Å². The summed E-state index contributed by atoms with van der Waals surface area (Å²) < 4.78 is 42.1. The normalized spacial score (nSPS) is 15.6. The maximum atomic E-state index is 13.6. The van der Waals surface area contributed by atoms with Gasteiger partial charge < -0.3 is 22.1 Å². The molecule has 2 fully saturated rings. The van der Waals surface area contributed by atoms with E-state index in [0.29, 0.717) is 18.3 Å². The largest absolute Gasteiger partial charge is 0.435 e. The predicted octanol–water partition coefficient (Wildman–Crippen LogP) is 10.2. The van der Waals surface area contributed by atoms with Gasteiger partial charge in [-0.2, -0.15) is 18.3 Å². The molecule has 5 rings (SSSR count). The number of alkyl halides is 3. The molecule has 2 aliphatic rings. The maximum absolute atomic E-state index is 13.6. The highest BCUT2D eigenvalue weighted by Crippen LogP contribution is 2.31. The number of halogens is 3. The number of pyridine rings is 1. The number of allylic oxidation sites excluding steroid dienone is 4. The summed E-state index contributed by atoms with van der Waals surface area (Å²) in [5.74, 6) is 0.664. The Morgan fingerprint density at radius 2 is 1.70 bits per heavy atom. The Morgan fingerprint density at radius 1 is 1.03 bits per heavy atom. The van der Waals surface area contributed by atoms with E-state index in [0.717, 1.165) is 60.4 Å². The molecule has 2 amide bonds. The molecule has 0 radical (unpaired) electrons. The second-order valence-electron chi connectivity index (χ2n) is 16.0. The summed E-state index contributed by atoms with van der Waals surface area (Å²) >= 11 is 0. The fourth-order valence-electron chi connectivity index (χ4n) is 6.34. The third-order valence-electron chi connectivity index (χ3n) is 10.2. The van der Waals surface area contributed by atoms with Gasteiger partial charge in [-0.15, -0.1) is 0 Å². The van der Waals surface area contributed by atoms with E-state index in [1.54, 1.807) is 33.3 Å². The molecule has 63 heavy (non-hydrogen) atoms. The molecule has 3 aromatic rings. The average molecular weight is 876 g/mol. The Hall–Kier alpha value is -5.53. The predicted molar refractivity (Wildman–Crippen MR) is 254 cm³/mol. The number of nitrogens with two attached hydrogens (primary N) is 2. The second-order valence-corrected chi connectivity index (χ2v) is 16.0. The topological polar surface area (TPSA) is 166 Å². The van der Waals surface area contributed by atoms with Crippen LogP contribution in [-0.2, 0) is 22.3 Å². The van der Waals surface area contributed by atoms with Gasteiger partial charge in [-0.05, 0) is 87.6 Å². The van der Waals surface area contributed by atoms with Gasteiger partial charge in [-0.25, -0.2) is 4.98 Å². The zero-order valence-electron chi connectivity index (χ0n) is 39.1. The van der Waals surface area contributed by atoms with Crippen molar-refractivity contribution in [3.8, 4) is 11.1 Å². The van der Waals surface area contributed by atoms with Gasteiger partial charge in [0, 0.05) is 55.7 Å². The van der Waals surface area contributed by atoms with E-state index < -0.39 is 29.4 Å². The lowest BCUT2D eigenvalue weighted by Gasteiger charge is -2.30. The van der Waals surface area contributed by atoms with Crippen LogP contribution in [0.5, 0.6) is 0 Å². The van der Waals surface area contributed by atoms with E-state index in [1.807, 2.05) is 83.2 Å². The van der Waals surface area contributed by atoms with Gasteiger partial charge in [0.25, 0.3) is 0 Å². The van der Waals surface area contributed by atoms with Crippen LogP contribution in [0.4, 0.5) is 19.0 Å². The van der Waals surface area contributed by atoms with Gasteiger partial charge in [0.05, 0.1) is 23.5 Å². The van der Waals surface area contributed by atoms with Gasteiger partial charge in [-0.1, -0.05) is 103 Å². The van der Waals surface area contributed by atoms with Crippen molar-refractivity contribution in [3.63, 3.8) is 0 Å². The molecule has 1 aromatic carbocycles. The van der Waals surface area contributed by atoms with Crippen LogP contribution in [-0.4, -0.2) is 64.2 Å². The van der Waals surface area contributed by atoms with E-state index in [1.165, 1.54) is 23.4 Å². The van der Waals surface area contributed by atoms with Crippen molar-refractivity contribution in [2.24, 2.45) is 33.5 Å². The van der Waals surface area contributed by atoms with Crippen molar-refractivity contribution in [1.82, 2.24) is 25.4 Å². The molecular weight excluding hydrogens is 804 g/mol. The summed E-state index contributed by atoms with van der Waals surface area (Å²) in [7, 11) is 1.72. The SMILES string of the molecule is C/C=C\C(=C/C(C)CC)CC(NC(=O)C1CC1)C(=O)NC(C)(C)Cn1nc(C(F)(F)F)cc1/C(N)=C/C=NCC1CCC1.CC.CC.CN=Cc1cc(-c2ccccc2)cnc1N. The van der Waals surface area contributed by atoms with Crippen molar-refractivity contribution in [3.05, 3.63) is 95.5 Å². The van der Waals surface area contributed by atoms with Crippen LogP contribution in [0.2, 0.25) is 0 Å². The third kappa shape index (κ3) is 18.4. The number of aliphatic imine (C=N–C) groups is 2. The highest BCUT2D eigenvalue weighted by atomic mass is 19.4. The first kappa shape index (κ1) is 53.6. The number of benzene rings is 1. The summed E-state index contributed by atoms with van der Waals surface area (Å²) in [5.41, 5.74) is 13.9. The number of rotatable bonds is 17. The molecule has 0 saturated heterocycles. The minimum Gasteiger partial charge on any atom is -0.397 e. The number of anilines is 1. The summed E-state index contributed by atoms with van der Waals surface area (Å²) in [5, 5.41) is 9.65. The van der Waals surface area contributed by atoms with Crippen molar-refractivity contribution in [2.75, 3.05) is 19.3 Å². The smallest absolute Gasteiger partial charge is 0.397 e. The molecule has 14 heteroatoms. The van der Waals surface area contributed by atoms with Gasteiger partial charge in [0.15, 0.2) is 5.69 Å². The van der Waals surface area contributed by atoms with E-state index in [2.05, 4.69) is 50.6 Å². The molecule has 0 aliphatic heterocycles. The number of hydrogen-bond acceptors (Lipinski definition) is 8. The molecular formula is C49H72F3N9O2. The molecule has 6 N–H and O–H groups in total. The number of amides is 2. The van der Waals surface area contributed by atoms with Crippen molar-refractivity contribution in [2.45, 2.75) is 132 Å². The molecule has 2 saturated carbocycles. The standard InChI is InChI=1S/C32H47F3N6O2.C13H13N3.2C2H6/c1-6-9-23(16-21(3)7-2)17-26(38-29(42)24-12-13-24)30(43)39-31(4,5)20-41-27(18-28(40-41)32(33,34)35)25(36)14-15-37-19-22-10-8-11-22;1-15-8-12-7-11(9-16-13(12)14)10-5-3-2-4-6-10;2*1-2/h6,9,14-16,18,21-22,24,26H,7-8,10-13,17,19-20,36H2,1-5H3,(H,38,42)(H,39,43);2-9H,1H3,(H2,14,16);2*1-2H3/b9-6-,23-16+,25-14-,37-15?;;;. The van der Waals surface area contributed by atoms with Crippen LogP contribution in [0.25, 0.3) is 16.8 Å². The monoisotopic (exact) mass is 876 g/mol. The lowest BCUT2D eigenvalue weighted by molar-refractivity contribution is -0.141. The Morgan fingerprint density at radius 3 is 2.25 bits per heavy atom. The average Bonchev–Trinajstić information content (AvgIpc) is 4.01. The van der Waals surface area contributed by atoms with Crippen molar-refractivity contribution in [1.29, 1.82) is 0 Å². The van der Waals surface area contributed by atoms with Crippen LogP contribution >= 0.6 is 0 Å². The lowest BCUT2D eigenvalue weighted by atomic mass is 9.86. The summed E-state index contributed by atoms with van der Waals surface area (Å²) in [4.78, 5) is 38.8. The molecule has 2 unspecified atom stereocenters. The fraction of sp³-hybridized carbons (Fsp3) is 0.510. The van der Waals surface area contributed by atoms with Crippen molar-refractivity contribution >= 4 is 35.8 Å². The highest BCUT2D eigenvalue weighted by molar-refractivity contribution is 5.90. The van der Waals surface area contributed by atoms with Crippen molar-refractivity contribution < 1.29 is 22.8 Å². The maximum Gasteiger partial charge on any atom is 0.435 e. The van der Waals surface area contributed by atoms with E-state index >= 15 is 0 Å². The summed E-state index contributed by atoms with van der Waals surface area (Å²) in [6, 6.07) is 12.1. The van der Waals surface area contributed by atoms with Crippen LogP contribution in [0.1, 0.15) is 124 Å². The molecule has 2 aromatic heterocycles. The third-order valence-corrected chi connectivity index (χ3v) is 10.2. The zero-order valence-corrected chi connectivity index (χ0v) is 39.1. The Kier molecular flexibility index (Phi) is 22.8. The lowest BCUT2D eigenvalue weighted by Crippen LogP contribution is -2.55. The van der Waals surface area contributed by atoms with Gasteiger partial charge in [0.1, 0.15) is 11.9 Å². The molecule has 0 spiro atoms. The van der Waals surface area contributed by atoms with Crippen LogP contribution in [0.3, 0.4) is 0 Å². The van der Waals surface area contributed by atoms with Gasteiger partial charge in [0.2, 0.25) is 11.8 Å². The fourth-order valence-corrected chi connectivity index (χ4v) is 6.34. The molecule has 2 heterocycles. The Balaban J connectivity index is 0.000000564. The van der Waals surface area contributed by atoms with Crippen LogP contribution < -0.4 is 22.1 Å². The molecule has 346 valence electrons. The number of carbonyl (C=O) groups excluding carboxylic acids is 2. The summed E-state index contributed by atoms with van der Waals surface area (Å²) in [6.45, 7) is 18.0. The van der Waals surface area contributed by atoms with Gasteiger partial charge >= 0.3 is 6.18 Å². The van der Waals surface area contributed by atoms with E-state index in [9.17, 15) is 22.8 Å². The van der Waals surface area contributed by atoms with E-state index in [-0.39, 0.29) is 42.1 Å². The number of nitrogens with one attached hydrogen (secondary N) is 2. The molecule has 2 atom stereocenters. The number of nitrogens with zero attached hydrogens (tertiary/aromatic N) is 5. The second kappa shape index (κ2) is 26.8. The Bertz CT molecular complexity index is 2010. The van der Waals surface area contributed by atoms with Gasteiger partial charge in [-0.3, -0.25) is 24.3 Å². The highest BCUT2D eigenvalue weighted by Gasteiger charge is 2.37. The molecule has 2 aliphatic carbocycles. The van der Waals surface area contributed by atoms with Crippen LogP contribution in [0, 0.1) is 17.8 Å². The quantitative estimate of drug-likeness (QED) is 0.0778.